The van der Waals surface area contributed by atoms with E-state index < -0.39 is 0 Å². The lowest BCUT2D eigenvalue weighted by Crippen LogP contribution is -2.27. The molecule has 0 spiro atoms. The lowest BCUT2D eigenvalue weighted by Gasteiger charge is -2.23. The highest BCUT2D eigenvalue weighted by molar-refractivity contribution is 9.10. The van der Waals surface area contributed by atoms with Gasteiger partial charge in [-0.3, -0.25) is 0 Å². The Morgan fingerprint density at radius 1 is 1.05 bits per heavy atom. The maximum absolute atomic E-state index is 5.75. The number of hydrogen-bond donors (Lipinski definition) is 1. The molecule has 0 amide bonds. The lowest BCUT2D eigenvalue weighted by molar-refractivity contribution is 0.324. The van der Waals surface area contributed by atoms with Crippen molar-refractivity contribution in [3.8, 4) is 5.75 Å². The van der Waals surface area contributed by atoms with Gasteiger partial charge >= 0.3 is 0 Å². The minimum atomic E-state index is 0.653. The molecule has 2 N–H and O–H groups in total. The summed E-state index contributed by atoms with van der Waals surface area (Å²) in [6, 6.07) is 15.8. The Hall–Kier alpha value is -1.68. The van der Waals surface area contributed by atoms with Gasteiger partial charge in [0, 0.05) is 22.4 Å². The molecule has 0 fully saturated rings. The molecule has 0 unspecified atom stereocenters. The van der Waals surface area contributed by atoms with Crippen LogP contribution in [0, 0.1) is 0 Å². The lowest BCUT2D eigenvalue weighted by atomic mass is 10.2. The standard InChI is InChI=1S/C16H19BrN2O/c1-2-19(15-7-5-14(18)6-8-15)11-12-20-16-9-3-13(17)4-10-16/h3-10H,2,11-12,18H2,1H3. The molecule has 0 atom stereocenters. The van der Waals surface area contributed by atoms with Gasteiger partial charge in [0.05, 0.1) is 6.54 Å². The van der Waals surface area contributed by atoms with E-state index in [0.717, 1.165) is 29.0 Å². The van der Waals surface area contributed by atoms with Crippen LogP contribution in [0.15, 0.2) is 53.0 Å². The molecule has 3 nitrogen and oxygen atoms in total. The normalized spacial score (nSPS) is 10.3. The Morgan fingerprint density at radius 2 is 1.70 bits per heavy atom. The fraction of sp³-hybridized carbons (Fsp3) is 0.250. The van der Waals surface area contributed by atoms with Gasteiger partial charge in [0.2, 0.25) is 0 Å². The third-order valence-electron chi connectivity index (χ3n) is 3.08. The first-order valence-corrected chi connectivity index (χ1v) is 7.47. The molecule has 0 saturated carbocycles. The summed E-state index contributed by atoms with van der Waals surface area (Å²) in [5.74, 6) is 0.890. The Bertz CT molecular complexity index is 525. The van der Waals surface area contributed by atoms with Crippen LogP contribution in [0.1, 0.15) is 6.92 Å². The summed E-state index contributed by atoms with van der Waals surface area (Å²) in [4.78, 5) is 2.26. The van der Waals surface area contributed by atoms with Crippen molar-refractivity contribution in [3.63, 3.8) is 0 Å². The largest absolute Gasteiger partial charge is 0.492 e. The first-order valence-electron chi connectivity index (χ1n) is 6.68. The van der Waals surface area contributed by atoms with Crippen LogP contribution in [-0.4, -0.2) is 19.7 Å². The van der Waals surface area contributed by atoms with Gasteiger partial charge in [0.25, 0.3) is 0 Å². The quantitative estimate of drug-likeness (QED) is 0.813. The molecule has 2 rings (SSSR count). The molecular weight excluding hydrogens is 316 g/mol. The number of nitrogens with zero attached hydrogens (tertiary/aromatic N) is 1. The molecule has 0 heterocycles. The highest BCUT2D eigenvalue weighted by Gasteiger charge is 2.04. The summed E-state index contributed by atoms with van der Waals surface area (Å²) >= 11 is 3.41. The SMILES string of the molecule is CCN(CCOc1ccc(Br)cc1)c1ccc(N)cc1. The highest BCUT2D eigenvalue weighted by Crippen LogP contribution is 2.18. The predicted molar refractivity (Wildman–Crippen MR) is 88.4 cm³/mol. The van der Waals surface area contributed by atoms with E-state index in [0.29, 0.717) is 6.61 Å². The van der Waals surface area contributed by atoms with E-state index >= 15 is 0 Å². The average Bonchev–Trinajstić information content (AvgIpc) is 2.47. The minimum Gasteiger partial charge on any atom is -0.492 e. The first-order chi connectivity index (χ1) is 9.69. The average molecular weight is 335 g/mol. The number of halogens is 1. The number of nitrogens with two attached hydrogens (primary N) is 1. The summed E-state index contributed by atoms with van der Waals surface area (Å²) in [5.41, 5.74) is 7.67. The second kappa shape index (κ2) is 7.20. The van der Waals surface area contributed by atoms with Crippen molar-refractivity contribution in [2.45, 2.75) is 6.92 Å². The van der Waals surface area contributed by atoms with E-state index in [9.17, 15) is 0 Å². The summed E-state index contributed by atoms with van der Waals surface area (Å²) < 4.78 is 6.81. The van der Waals surface area contributed by atoms with Crippen molar-refractivity contribution in [2.24, 2.45) is 0 Å². The van der Waals surface area contributed by atoms with Crippen molar-refractivity contribution >= 4 is 27.3 Å². The monoisotopic (exact) mass is 334 g/mol. The van der Waals surface area contributed by atoms with E-state index in [2.05, 4.69) is 27.8 Å². The zero-order chi connectivity index (χ0) is 14.4. The van der Waals surface area contributed by atoms with E-state index in [4.69, 9.17) is 10.5 Å². The molecule has 0 saturated heterocycles. The number of hydrogen-bond acceptors (Lipinski definition) is 3. The maximum Gasteiger partial charge on any atom is 0.119 e. The molecule has 2 aromatic rings. The fourth-order valence-electron chi connectivity index (χ4n) is 1.96. The molecule has 0 aliphatic carbocycles. The van der Waals surface area contributed by atoms with Crippen LogP contribution >= 0.6 is 15.9 Å². The predicted octanol–water partition coefficient (Wildman–Crippen LogP) is 3.94. The van der Waals surface area contributed by atoms with Crippen molar-refractivity contribution in [1.82, 2.24) is 0 Å². The van der Waals surface area contributed by atoms with Gasteiger partial charge < -0.3 is 15.4 Å². The third kappa shape index (κ3) is 4.17. The molecule has 4 heteroatoms. The van der Waals surface area contributed by atoms with Gasteiger partial charge in [0.1, 0.15) is 12.4 Å². The highest BCUT2D eigenvalue weighted by atomic mass is 79.9. The van der Waals surface area contributed by atoms with Gasteiger partial charge in [-0.1, -0.05) is 15.9 Å². The van der Waals surface area contributed by atoms with Crippen molar-refractivity contribution in [2.75, 3.05) is 30.3 Å². The van der Waals surface area contributed by atoms with Crippen LogP contribution in [0.2, 0.25) is 0 Å². The molecule has 0 aliphatic heterocycles. The van der Waals surface area contributed by atoms with Crippen LogP contribution in [0.25, 0.3) is 0 Å². The number of benzene rings is 2. The molecule has 0 aliphatic rings. The van der Waals surface area contributed by atoms with Crippen molar-refractivity contribution in [3.05, 3.63) is 53.0 Å². The topological polar surface area (TPSA) is 38.5 Å². The van der Waals surface area contributed by atoms with Gasteiger partial charge in [-0.15, -0.1) is 0 Å². The van der Waals surface area contributed by atoms with Crippen LogP contribution in [0.3, 0.4) is 0 Å². The first kappa shape index (κ1) is 14.7. The molecule has 106 valence electrons. The number of likely N-dealkylation sites (N-methyl/N-ethyl adjacent to an activating group) is 1. The van der Waals surface area contributed by atoms with Crippen LogP contribution < -0.4 is 15.4 Å². The number of ether oxygens (including phenoxy) is 1. The molecule has 0 aromatic heterocycles. The Kier molecular flexibility index (Phi) is 5.30. The Labute approximate surface area is 128 Å². The molecule has 0 bridgehead atoms. The van der Waals surface area contributed by atoms with Crippen LogP contribution in [0.5, 0.6) is 5.75 Å². The molecule has 20 heavy (non-hydrogen) atoms. The summed E-state index contributed by atoms with van der Waals surface area (Å²) in [5, 5.41) is 0. The van der Waals surface area contributed by atoms with Crippen LogP contribution in [-0.2, 0) is 0 Å². The summed E-state index contributed by atoms with van der Waals surface area (Å²) in [6.07, 6.45) is 0. The number of nitrogen functional groups attached to an aromatic ring is 1. The van der Waals surface area contributed by atoms with E-state index in [1.54, 1.807) is 0 Å². The summed E-state index contributed by atoms with van der Waals surface area (Å²) in [7, 11) is 0. The second-order valence-electron chi connectivity index (χ2n) is 4.47. The second-order valence-corrected chi connectivity index (χ2v) is 5.39. The van der Waals surface area contributed by atoms with Crippen molar-refractivity contribution < 1.29 is 4.74 Å². The Morgan fingerprint density at radius 3 is 2.30 bits per heavy atom. The van der Waals surface area contributed by atoms with Crippen LogP contribution in [0.4, 0.5) is 11.4 Å². The molecule has 2 aromatic carbocycles. The maximum atomic E-state index is 5.75. The van der Waals surface area contributed by atoms with Gasteiger partial charge in [-0.25, -0.2) is 0 Å². The zero-order valence-corrected chi connectivity index (χ0v) is 13.1. The third-order valence-corrected chi connectivity index (χ3v) is 3.61. The zero-order valence-electron chi connectivity index (χ0n) is 11.6. The Balaban J connectivity index is 1.87. The van der Waals surface area contributed by atoms with Gasteiger partial charge in [-0.2, -0.15) is 0 Å². The van der Waals surface area contributed by atoms with Crippen molar-refractivity contribution in [1.29, 1.82) is 0 Å². The smallest absolute Gasteiger partial charge is 0.119 e. The molecule has 0 radical (unpaired) electrons. The van der Waals surface area contributed by atoms with Gasteiger partial charge in [0.15, 0.2) is 0 Å². The molecular formula is C16H19BrN2O. The number of rotatable bonds is 6. The van der Waals surface area contributed by atoms with E-state index in [-0.39, 0.29) is 0 Å². The summed E-state index contributed by atoms with van der Waals surface area (Å²) in [6.45, 7) is 4.57. The van der Waals surface area contributed by atoms with Gasteiger partial charge in [-0.05, 0) is 55.5 Å². The van der Waals surface area contributed by atoms with E-state index in [1.165, 1.54) is 5.69 Å². The van der Waals surface area contributed by atoms with E-state index in [1.807, 2.05) is 48.5 Å². The fourth-order valence-corrected chi connectivity index (χ4v) is 2.22. The minimum absolute atomic E-state index is 0.653. The number of anilines is 2.